The highest BCUT2D eigenvalue weighted by Crippen LogP contribution is 2.26. The van der Waals surface area contributed by atoms with Crippen LogP contribution in [0.15, 0.2) is 18.2 Å². The zero-order valence-corrected chi connectivity index (χ0v) is 18.0. The average Bonchev–Trinajstić information content (AvgIpc) is 2.59. The lowest BCUT2D eigenvalue weighted by atomic mass is 9.85. The van der Waals surface area contributed by atoms with Gasteiger partial charge in [-0.25, -0.2) is 8.42 Å². The first-order valence-electron chi connectivity index (χ1n) is 9.43. The Balaban J connectivity index is 0.00000364. The second kappa shape index (κ2) is 10.9. The zero-order valence-electron chi connectivity index (χ0n) is 16.4. The Kier molecular flexibility index (Phi) is 9.56. The number of anilines is 2. The van der Waals surface area contributed by atoms with Gasteiger partial charge in [0, 0.05) is 12.1 Å². The monoisotopic (exact) mass is 417 g/mol. The van der Waals surface area contributed by atoms with Gasteiger partial charge in [-0.1, -0.05) is 19.9 Å². The molecular formula is C19H32ClN3O3S. The third-order valence-corrected chi connectivity index (χ3v) is 6.47. The largest absolute Gasteiger partial charge is 0.326 e. The zero-order chi connectivity index (χ0) is 19.2. The maximum Gasteiger partial charge on any atom is 0.232 e. The molecule has 2 atom stereocenters. The van der Waals surface area contributed by atoms with Gasteiger partial charge in [-0.15, -0.1) is 12.4 Å². The number of nitrogens with one attached hydrogen (secondary N) is 3. The Hall–Kier alpha value is -1.31. The maximum atomic E-state index is 12.4. The van der Waals surface area contributed by atoms with Gasteiger partial charge in [0.25, 0.3) is 0 Å². The lowest BCUT2D eigenvalue weighted by molar-refractivity contribution is -0.117. The highest BCUT2D eigenvalue weighted by atomic mass is 35.5. The number of hydrogen-bond acceptors (Lipinski definition) is 4. The quantitative estimate of drug-likeness (QED) is 0.603. The minimum atomic E-state index is -3.36. The Labute approximate surface area is 169 Å². The molecule has 0 aromatic heterocycles. The number of halogens is 1. The predicted octanol–water partition coefficient (Wildman–Crippen LogP) is 3.53. The first kappa shape index (κ1) is 23.7. The van der Waals surface area contributed by atoms with Gasteiger partial charge in [-0.2, -0.15) is 0 Å². The molecule has 27 heavy (non-hydrogen) atoms. The lowest BCUT2D eigenvalue weighted by Crippen LogP contribution is -2.34. The summed E-state index contributed by atoms with van der Waals surface area (Å²) in [5, 5.41) is 6.33. The van der Waals surface area contributed by atoms with E-state index in [4.69, 9.17) is 0 Å². The van der Waals surface area contributed by atoms with Gasteiger partial charge in [0.2, 0.25) is 15.9 Å². The Morgan fingerprint density at radius 2 is 2.04 bits per heavy atom. The molecule has 0 radical (unpaired) electrons. The number of amides is 1. The molecule has 0 bridgehead atoms. The summed E-state index contributed by atoms with van der Waals surface area (Å²) in [4.78, 5) is 12.4. The number of hydrogen-bond donors (Lipinski definition) is 3. The maximum absolute atomic E-state index is 12.4. The van der Waals surface area contributed by atoms with Crippen LogP contribution in [0.1, 0.15) is 45.1 Å². The van der Waals surface area contributed by atoms with Crippen LogP contribution in [0.3, 0.4) is 0 Å². The standard InChI is InChI=1S/C19H31N3O3S.ClH/c1-4-11-26(24,25)22-18-9-5-8-17(15(18)3)21-19(23)12-14(2)16-7-6-10-20-13-16;/h5,8-9,14,16,20,22H,4,6-7,10-13H2,1-3H3,(H,21,23);1H. The Morgan fingerprint density at radius 3 is 2.67 bits per heavy atom. The molecule has 8 heteroatoms. The smallest absolute Gasteiger partial charge is 0.232 e. The van der Waals surface area contributed by atoms with Gasteiger partial charge < -0.3 is 10.6 Å². The minimum absolute atomic E-state index is 0. The Morgan fingerprint density at radius 1 is 1.33 bits per heavy atom. The van der Waals surface area contributed by atoms with Gasteiger partial charge in [0.05, 0.1) is 11.4 Å². The molecule has 2 unspecified atom stereocenters. The van der Waals surface area contributed by atoms with Crippen LogP contribution in [0.2, 0.25) is 0 Å². The van der Waals surface area contributed by atoms with E-state index in [9.17, 15) is 13.2 Å². The highest BCUT2D eigenvalue weighted by molar-refractivity contribution is 7.92. The van der Waals surface area contributed by atoms with Gasteiger partial charge in [-0.05, 0) is 68.8 Å². The van der Waals surface area contributed by atoms with E-state index < -0.39 is 10.0 Å². The molecule has 1 amide bonds. The fourth-order valence-corrected chi connectivity index (χ4v) is 4.59. The van der Waals surface area contributed by atoms with Crippen LogP contribution < -0.4 is 15.4 Å². The van der Waals surface area contributed by atoms with Crippen molar-refractivity contribution in [1.82, 2.24) is 5.32 Å². The minimum Gasteiger partial charge on any atom is -0.326 e. The van der Waals surface area contributed by atoms with Crippen LogP contribution in [0.5, 0.6) is 0 Å². The molecule has 0 saturated carbocycles. The summed E-state index contributed by atoms with van der Waals surface area (Å²) in [5.74, 6) is 0.896. The average molecular weight is 418 g/mol. The van der Waals surface area contributed by atoms with Crippen molar-refractivity contribution in [2.24, 2.45) is 11.8 Å². The topological polar surface area (TPSA) is 87.3 Å². The molecule has 1 heterocycles. The first-order chi connectivity index (χ1) is 12.3. The van der Waals surface area contributed by atoms with Crippen molar-refractivity contribution >= 4 is 39.7 Å². The number of benzene rings is 1. The molecule has 2 rings (SSSR count). The molecule has 1 aliphatic heterocycles. The molecule has 1 fully saturated rings. The van der Waals surface area contributed by atoms with E-state index in [2.05, 4.69) is 22.3 Å². The van der Waals surface area contributed by atoms with E-state index in [-0.39, 0.29) is 24.1 Å². The molecule has 1 aliphatic rings. The highest BCUT2D eigenvalue weighted by Gasteiger charge is 2.22. The van der Waals surface area contributed by atoms with Crippen LogP contribution in [-0.4, -0.2) is 33.2 Å². The van der Waals surface area contributed by atoms with Crippen LogP contribution in [0.25, 0.3) is 0 Å². The summed E-state index contributed by atoms with van der Waals surface area (Å²) in [6.45, 7) is 7.80. The van der Waals surface area contributed by atoms with Crippen molar-refractivity contribution in [3.8, 4) is 0 Å². The van der Waals surface area contributed by atoms with Crippen molar-refractivity contribution < 1.29 is 13.2 Å². The van der Waals surface area contributed by atoms with Gasteiger partial charge in [-0.3, -0.25) is 9.52 Å². The second-order valence-corrected chi connectivity index (χ2v) is 9.08. The van der Waals surface area contributed by atoms with Crippen LogP contribution >= 0.6 is 12.4 Å². The molecule has 3 N–H and O–H groups in total. The van der Waals surface area contributed by atoms with Crippen molar-refractivity contribution in [2.45, 2.75) is 46.5 Å². The van der Waals surface area contributed by atoms with Gasteiger partial charge >= 0.3 is 0 Å². The summed E-state index contributed by atoms with van der Waals surface area (Å²) >= 11 is 0. The number of carbonyl (C=O) groups excluding carboxylic acids is 1. The van der Waals surface area contributed by atoms with Crippen LogP contribution in [0, 0.1) is 18.8 Å². The summed E-state index contributed by atoms with van der Waals surface area (Å²) in [6, 6.07) is 5.27. The number of sulfonamides is 1. The van der Waals surface area contributed by atoms with Crippen molar-refractivity contribution in [3.05, 3.63) is 23.8 Å². The van der Waals surface area contributed by atoms with Crippen molar-refractivity contribution in [2.75, 3.05) is 28.9 Å². The van der Waals surface area contributed by atoms with Crippen LogP contribution in [-0.2, 0) is 14.8 Å². The van der Waals surface area contributed by atoms with Crippen LogP contribution in [0.4, 0.5) is 11.4 Å². The van der Waals surface area contributed by atoms with Crippen molar-refractivity contribution in [1.29, 1.82) is 0 Å². The van der Waals surface area contributed by atoms with Gasteiger partial charge in [0.15, 0.2) is 0 Å². The fraction of sp³-hybridized carbons (Fsp3) is 0.632. The van der Waals surface area contributed by atoms with E-state index in [1.54, 1.807) is 18.2 Å². The molecule has 1 saturated heterocycles. The normalized spacial score (nSPS) is 18.3. The van der Waals surface area contributed by atoms with E-state index in [1.807, 2.05) is 13.8 Å². The summed E-state index contributed by atoms with van der Waals surface area (Å²) in [7, 11) is -3.36. The third-order valence-electron chi connectivity index (χ3n) is 4.99. The Bertz CT molecular complexity index is 719. The number of piperidine rings is 1. The molecular weight excluding hydrogens is 386 g/mol. The molecule has 6 nitrogen and oxygen atoms in total. The molecule has 0 aliphatic carbocycles. The van der Waals surface area contributed by atoms with Gasteiger partial charge in [0.1, 0.15) is 0 Å². The fourth-order valence-electron chi connectivity index (χ4n) is 3.39. The van der Waals surface area contributed by atoms with E-state index >= 15 is 0 Å². The van der Waals surface area contributed by atoms with E-state index in [0.717, 1.165) is 31.5 Å². The number of carbonyl (C=O) groups is 1. The first-order valence-corrected chi connectivity index (χ1v) is 11.1. The summed E-state index contributed by atoms with van der Waals surface area (Å²) in [5.41, 5.74) is 1.90. The molecule has 1 aromatic carbocycles. The molecule has 1 aromatic rings. The van der Waals surface area contributed by atoms with Crippen molar-refractivity contribution in [3.63, 3.8) is 0 Å². The third kappa shape index (κ3) is 7.31. The lowest BCUT2D eigenvalue weighted by Gasteiger charge is -2.28. The van der Waals surface area contributed by atoms with E-state index in [0.29, 0.717) is 36.1 Å². The predicted molar refractivity (Wildman–Crippen MR) is 114 cm³/mol. The summed E-state index contributed by atoms with van der Waals surface area (Å²) < 4.78 is 26.6. The SMILES string of the molecule is CCCS(=O)(=O)Nc1cccc(NC(=O)CC(C)C2CCCNC2)c1C.Cl. The van der Waals surface area contributed by atoms with E-state index in [1.165, 1.54) is 0 Å². The molecule has 0 spiro atoms. The number of rotatable bonds is 8. The second-order valence-electron chi connectivity index (χ2n) is 7.24. The summed E-state index contributed by atoms with van der Waals surface area (Å²) in [6.07, 6.45) is 3.35. The molecule has 154 valence electrons.